The number of carbonyl (C=O) groups is 1. The highest BCUT2D eigenvalue weighted by atomic mass is 32.2. The van der Waals surface area contributed by atoms with Gasteiger partial charge in [-0.15, -0.1) is 22.0 Å². The lowest BCUT2D eigenvalue weighted by atomic mass is 10.3. The molecule has 0 aliphatic heterocycles. The number of aryl methyl sites for hydroxylation is 2. The number of amides is 1. The second-order valence-corrected chi connectivity index (χ2v) is 8.77. The molecule has 0 saturated carbocycles. The minimum absolute atomic E-state index is 0.222. The van der Waals surface area contributed by atoms with Crippen molar-refractivity contribution in [2.75, 3.05) is 11.1 Å². The first-order chi connectivity index (χ1) is 15.8. The number of thioether (sulfide) groups is 1. The Hall–Kier alpha value is -3.66. The van der Waals surface area contributed by atoms with E-state index in [1.54, 1.807) is 21.1 Å². The van der Waals surface area contributed by atoms with E-state index in [9.17, 15) is 9.59 Å². The summed E-state index contributed by atoms with van der Waals surface area (Å²) in [5.74, 6) is 0.941. The maximum atomic E-state index is 12.9. The van der Waals surface area contributed by atoms with Crippen LogP contribution in [0.5, 0.6) is 0 Å². The molecule has 33 heavy (non-hydrogen) atoms. The topological polar surface area (TPSA) is 99.6 Å². The maximum absolute atomic E-state index is 12.9. The van der Waals surface area contributed by atoms with E-state index in [-0.39, 0.29) is 17.9 Å². The lowest BCUT2D eigenvalue weighted by molar-refractivity contribution is -0.115. The standard InChI is InChI=1S/C23H25N7O2S/c1-15-14-16(2)29(27-15)19-10-11-21(26-25-19)33-13-12-20(31)24-22-17(3)28(4)30(23(22)32)18-8-6-5-7-9-18/h5-11,14H,12-13H2,1-4H3,(H,24,31). The molecule has 1 aromatic carbocycles. The maximum Gasteiger partial charge on any atom is 0.295 e. The number of carbonyl (C=O) groups excluding carboxylic acids is 1. The van der Waals surface area contributed by atoms with Crippen LogP contribution in [0.15, 0.2) is 58.4 Å². The normalized spacial score (nSPS) is 11.0. The van der Waals surface area contributed by atoms with Crippen LogP contribution < -0.4 is 10.9 Å². The van der Waals surface area contributed by atoms with E-state index in [1.165, 1.54) is 11.8 Å². The summed E-state index contributed by atoms with van der Waals surface area (Å²) in [6.07, 6.45) is 0.241. The Bertz CT molecular complexity index is 1340. The zero-order valence-corrected chi connectivity index (χ0v) is 19.8. The van der Waals surface area contributed by atoms with Crippen LogP contribution in [0, 0.1) is 20.8 Å². The third-order valence-corrected chi connectivity index (χ3v) is 6.17. The minimum atomic E-state index is -0.257. The first-order valence-electron chi connectivity index (χ1n) is 10.5. The number of rotatable bonds is 7. The summed E-state index contributed by atoms with van der Waals surface area (Å²) in [5.41, 5.74) is 3.38. The van der Waals surface area contributed by atoms with Crippen molar-refractivity contribution in [3.8, 4) is 11.5 Å². The van der Waals surface area contributed by atoms with Gasteiger partial charge in [0, 0.05) is 24.9 Å². The molecule has 3 heterocycles. The SMILES string of the molecule is Cc1cc(C)n(-c2ccc(SCCC(=O)Nc3c(C)n(C)n(-c4ccccc4)c3=O)nn2)n1. The van der Waals surface area contributed by atoms with Gasteiger partial charge in [0.15, 0.2) is 5.82 Å². The summed E-state index contributed by atoms with van der Waals surface area (Å²) in [5, 5.41) is 16.4. The largest absolute Gasteiger partial charge is 0.320 e. The van der Waals surface area contributed by atoms with Gasteiger partial charge < -0.3 is 5.32 Å². The van der Waals surface area contributed by atoms with Gasteiger partial charge in [-0.25, -0.2) is 9.36 Å². The molecular weight excluding hydrogens is 438 g/mol. The highest BCUT2D eigenvalue weighted by Crippen LogP contribution is 2.18. The van der Waals surface area contributed by atoms with E-state index in [0.717, 1.165) is 22.1 Å². The van der Waals surface area contributed by atoms with Crippen molar-refractivity contribution >= 4 is 23.4 Å². The van der Waals surface area contributed by atoms with Gasteiger partial charge >= 0.3 is 0 Å². The van der Waals surface area contributed by atoms with Gasteiger partial charge in [-0.3, -0.25) is 14.3 Å². The summed E-state index contributed by atoms with van der Waals surface area (Å²) >= 11 is 1.43. The van der Waals surface area contributed by atoms with E-state index < -0.39 is 0 Å². The predicted octanol–water partition coefficient (Wildman–Crippen LogP) is 3.20. The smallest absolute Gasteiger partial charge is 0.295 e. The number of benzene rings is 1. The van der Waals surface area contributed by atoms with Crippen LogP contribution >= 0.6 is 11.8 Å². The van der Waals surface area contributed by atoms with Gasteiger partial charge in [0.25, 0.3) is 5.56 Å². The summed E-state index contributed by atoms with van der Waals surface area (Å²) in [7, 11) is 1.80. The van der Waals surface area contributed by atoms with Crippen LogP contribution in [0.1, 0.15) is 23.5 Å². The zero-order chi connectivity index (χ0) is 23.5. The van der Waals surface area contributed by atoms with Crippen molar-refractivity contribution < 1.29 is 4.79 Å². The molecule has 3 aromatic heterocycles. The molecule has 4 aromatic rings. The molecule has 9 nitrogen and oxygen atoms in total. The number of para-hydroxylation sites is 1. The Labute approximate surface area is 195 Å². The van der Waals surface area contributed by atoms with Crippen molar-refractivity contribution in [3.05, 3.63) is 76.0 Å². The average molecular weight is 464 g/mol. The Balaban J connectivity index is 1.37. The molecule has 0 spiro atoms. The monoisotopic (exact) mass is 463 g/mol. The summed E-state index contributed by atoms with van der Waals surface area (Å²) in [6, 6.07) is 15.0. The van der Waals surface area contributed by atoms with Crippen LogP contribution in [-0.2, 0) is 11.8 Å². The summed E-state index contributed by atoms with van der Waals surface area (Å²) in [4.78, 5) is 25.4. The summed E-state index contributed by atoms with van der Waals surface area (Å²) < 4.78 is 5.02. The zero-order valence-electron chi connectivity index (χ0n) is 18.9. The number of aromatic nitrogens is 6. The third-order valence-electron chi connectivity index (χ3n) is 5.25. The molecule has 0 fully saturated rings. The highest BCUT2D eigenvalue weighted by molar-refractivity contribution is 7.99. The molecular formula is C23H25N7O2S. The molecule has 0 aliphatic carbocycles. The van der Waals surface area contributed by atoms with E-state index in [2.05, 4.69) is 20.6 Å². The van der Waals surface area contributed by atoms with Gasteiger partial charge in [-0.05, 0) is 51.1 Å². The average Bonchev–Trinajstić information content (AvgIpc) is 3.25. The Morgan fingerprint density at radius 1 is 1.06 bits per heavy atom. The van der Waals surface area contributed by atoms with Crippen LogP contribution in [0.25, 0.3) is 11.5 Å². The second-order valence-electron chi connectivity index (χ2n) is 7.65. The van der Waals surface area contributed by atoms with E-state index in [0.29, 0.717) is 23.0 Å². The van der Waals surface area contributed by atoms with E-state index >= 15 is 0 Å². The van der Waals surface area contributed by atoms with Crippen molar-refractivity contribution in [3.63, 3.8) is 0 Å². The lowest BCUT2D eigenvalue weighted by Gasteiger charge is -2.07. The van der Waals surface area contributed by atoms with Crippen molar-refractivity contribution in [2.24, 2.45) is 7.05 Å². The van der Waals surface area contributed by atoms with E-state index in [1.807, 2.05) is 69.3 Å². The molecule has 4 rings (SSSR count). The molecule has 1 amide bonds. The third kappa shape index (κ3) is 4.75. The lowest BCUT2D eigenvalue weighted by Crippen LogP contribution is -2.23. The highest BCUT2D eigenvalue weighted by Gasteiger charge is 2.18. The van der Waals surface area contributed by atoms with Crippen LogP contribution in [0.4, 0.5) is 5.69 Å². The Morgan fingerprint density at radius 2 is 1.82 bits per heavy atom. The van der Waals surface area contributed by atoms with E-state index in [4.69, 9.17) is 0 Å². The van der Waals surface area contributed by atoms with Crippen molar-refractivity contribution in [1.82, 2.24) is 29.3 Å². The van der Waals surface area contributed by atoms with Crippen molar-refractivity contribution in [2.45, 2.75) is 32.2 Å². The van der Waals surface area contributed by atoms with Crippen LogP contribution in [0.3, 0.4) is 0 Å². The molecule has 0 saturated heterocycles. The molecule has 170 valence electrons. The molecule has 1 N–H and O–H groups in total. The molecule has 0 unspecified atom stereocenters. The summed E-state index contributed by atoms with van der Waals surface area (Å²) in [6.45, 7) is 5.71. The number of nitrogens with zero attached hydrogens (tertiary/aromatic N) is 6. The second kappa shape index (κ2) is 9.45. The van der Waals surface area contributed by atoms with Crippen LogP contribution in [-0.4, -0.2) is 41.0 Å². The first-order valence-corrected chi connectivity index (χ1v) is 11.5. The van der Waals surface area contributed by atoms with Crippen LogP contribution in [0.2, 0.25) is 0 Å². The number of hydrogen-bond donors (Lipinski definition) is 1. The fraction of sp³-hybridized carbons (Fsp3) is 0.261. The Kier molecular flexibility index (Phi) is 6.45. The van der Waals surface area contributed by atoms with Gasteiger partial charge in [0.2, 0.25) is 5.91 Å². The quantitative estimate of drug-likeness (QED) is 0.423. The van der Waals surface area contributed by atoms with Gasteiger partial charge in [-0.2, -0.15) is 5.10 Å². The number of hydrogen-bond acceptors (Lipinski definition) is 6. The molecule has 0 aliphatic rings. The minimum Gasteiger partial charge on any atom is -0.320 e. The molecule has 0 radical (unpaired) electrons. The van der Waals surface area contributed by atoms with Gasteiger partial charge in [0.1, 0.15) is 10.7 Å². The molecule has 10 heteroatoms. The fourth-order valence-corrected chi connectivity index (χ4v) is 4.29. The molecule has 0 bridgehead atoms. The predicted molar refractivity (Wildman–Crippen MR) is 128 cm³/mol. The number of nitrogens with one attached hydrogen (secondary N) is 1. The molecule has 0 atom stereocenters. The van der Waals surface area contributed by atoms with Gasteiger partial charge in [0.05, 0.1) is 17.1 Å². The fourth-order valence-electron chi connectivity index (χ4n) is 3.53. The van der Waals surface area contributed by atoms with Gasteiger partial charge in [-0.1, -0.05) is 18.2 Å². The number of anilines is 1. The first kappa shape index (κ1) is 22.5. The van der Waals surface area contributed by atoms with Crippen molar-refractivity contribution in [1.29, 1.82) is 0 Å². The Morgan fingerprint density at radius 3 is 2.45 bits per heavy atom.